The Morgan fingerprint density at radius 2 is 1.16 bits per heavy atom. The smallest absolute Gasteiger partial charge is 0.356 e. The summed E-state index contributed by atoms with van der Waals surface area (Å²) in [7, 11) is -4.64. The van der Waals surface area contributed by atoms with Gasteiger partial charge < -0.3 is 20.0 Å². The van der Waals surface area contributed by atoms with E-state index in [1.54, 1.807) is 0 Å². The van der Waals surface area contributed by atoms with Gasteiger partial charge in [-0.15, -0.1) is 0 Å². The van der Waals surface area contributed by atoms with Gasteiger partial charge in [0.2, 0.25) is 5.91 Å². The van der Waals surface area contributed by atoms with Crippen LogP contribution in [0, 0.1) is 0 Å². The maximum absolute atomic E-state index is 11.3. The Bertz CT molecular complexity index is 255. The molecular weight excluding hydrogens is 269 g/mol. The van der Waals surface area contributed by atoms with Gasteiger partial charge in [-0.2, -0.15) is 0 Å². The Labute approximate surface area is 114 Å². The lowest BCUT2D eigenvalue weighted by Gasteiger charge is -2.03. The molecule has 0 aromatic rings. The number of hydrogen-bond donors (Lipinski definition) is 4. The molecule has 1 heterocycles. The molecule has 0 bridgehead atoms. The van der Waals surface area contributed by atoms with Crippen molar-refractivity contribution in [1.82, 2.24) is 5.32 Å². The van der Waals surface area contributed by atoms with Crippen LogP contribution in [0.4, 0.5) is 0 Å². The summed E-state index contributed by atoms with van der Waals surface area (Å²) >= 11 is 0. The van der Waals surface area contributed by atoms with E-state index in [0.717, 1.165) is 25.8 Å². The van der Waals surface area contributed by atoms with Crippen molar-refractivity contribution in [2.75, 3.05) is 6.54 Å². The highest BCUT2D eigenvalue weighted by Crippen LogP contribution is 2.25. The van der Waals surface area contributed by atoms with E-state index in [2.05, 4.69) is 5.32 Å². The van der Waals surface area contributed by atoms with Gasteiger partial charge in [-0.3, -0.25) is 4.79 Å². The Morgan fingerprint density at radius 1 is 0.789 bits per heavy atom. The molecule has 19 heavy (non-hydrogen) atoms. The average Bonchev–Trinajstić information content (AvgIpc) is 2.29. The first kappa shape index (κ1) is 18.6. The predicted molar refractivity (Wildman–Crippen MR) is 73.4 cm³/mol. The van der Waals surface area contributed by atoms with Gasteiger partial charge in [-0.05, 0) is 12.8 Å². The summed E-state index contributed by atoms with van der Waals surface area (Å²) in [5, 5.41) is 2.98. The minimum Gasteiger partial charge on any atom is -0.356 e. The van der Waals surface area contributed by atoms with E-state index in [9.17, 15) is 4.79 Å². The standard InChI is InChI=1S/C12H23NO.H3O4P/c14-12-10-8-6-4-2-1-3-5-7-9-11-13-12;1-5(2,3)4/h1-11H2,(H,13,14);(H3,1,2,3,4). The fraction of sp³-hybridized carbons (Fsp3) is 0.917. The van der Waals surface area contributed by atoms with Gasteiger partial charge >= 0.3 is 7.82 Å². The summed E-state index contributed by atoms with van der Waals surface area (Å²) in [5.41, 5.74) is 0. The van der Waals surface area contributed by atoms with Gasteiger partial charge in [0.25, 0.3) is 0 Å². The van der Waals surface area contributed by atoms with E-state index in [1.807, 2.05) is 0 Å². The van der Waals surface area contributed by atoms with E-state index < -0.39 is 7.82 Å². The quantitative estimate of drug-likeness (QED) is 0.512. The van der Waals surface area contributed by atoms with Crippen LogP contribution >= 0.6 is 7.82 Å². The highest BCUT2D eigenvalue weighted by molar-refractivity contribution is 7.45. The molecule has 6 nitrogen and oxygen atoms in total. The second kappa shape index (κ2) is 11.4. The van der Waals surface area contributed by atoms with Gasteiger partial charge in [-0.1, -0.05) is 44.9 Å². The number of amides is 1. The first-order valence-corrected chi connectivity index (χ1v) is 8.51. The van der Waals surface area contributed by atoms with Crippen LogP contribution in [0.1, 0.15) is 64.2 Å². The average molecular weight is 295 g/mol. The second-order valence-electron chi connectivity index (χ2n) is 4.80. The van der Waals surface area contributed by atoms with Crippen LogP contribution in [0.15, 0.2) is 0 Å². The van der Waals surface area contributed by atoms with E-state index in [4.69, 9.17) is 19.2 Å². The third-order valence-corrected chi connectivity index (χ3v) is 2.90. The van der Waals surface area contributed by atoms with Crippen molar-refractivity contribution in [3.63, 3.8) is 0 Å². The highest BCUT2D eigenvalue weighted by atomic mass is 31.2. The normalized spacial score (nSPS) is 19.8. The number of phosphoric acid groups is 1. The molecule has 4 N–H and O–H groups in total. The zero-order valence-corrected chi connectivity index (χ0v) is 12.3. The topological polar surface area (TPSA) is 107 Å². The maximum Gasteiger partial charge on any atom is 0.466 e. The first-order valence-electron chi connectivity index (χ1n) is 6.94. The minimum atomic E-state index is -4.64. The van der Waals surface area contributed by atoms with Gasteiger partial charge in [0.1, 0.15) is 0 Å². The SMILES string of the molecule is O=C1CCCCCCCCCCCN1.O=P(O)(O)O. The first-order chi connectivity index (χ1) is 8.89. The van der Waals surface area contributed by atoms with Gasteiger partial charge in [0, 0.05) is 13.0 Å². The molecular formula is C12H26NO5P. The summed E-state index contributed by atoms with van der Waals surface area (Å²) in [6, 6.07) is 0. The molecule has 1 saturated heterocycles. The molecule has 7 heteroatoms. The third kappa shape index (κ3) is 20.1. The number of nitrogens with one attached hydrogen (secondary N) is 1. The van der Waals surface area contributed by atoms with Crippen molar-refractivity contribution in [2.24, 2.45) is 0 Å². The Kier molecular flexibility index (Phi) is 11.2. The number of hydrogen-bond acceptors (Lipinski definition) is 2. The Hall–Kier alpha value is -0.420. The Morgan fingerprint density at radius 3 is 1.63 bits per heavy atom. The molecule has 1 rings (SSSR count). The second-order valence-corrected chi connectivity index (χ2v) is 5.82. The molecule has 0 spiro atoms. The highest BCUT2D eigenvalue weighted by Gasteiger charge is 2.01. The number of rotatable bonds is 0. The van der Waals surface area contributed by atoms with Crippen molar-refractivity contribution < 1.29 is 24.0 Å². The fourth-order valence-corrected chi connectivity index (χ4v) is 1.96. The van der Waals surface area contributed by atoms with Crippen molar-refractivity contribution in [3.8, 4) is 0 Å². The summed E-state index contributed by atoms with van der Waals surface area (Å²) in [6.07, 6.45) is 12.3. The Balaban J connectivity index is 0.000000555. The molecule has 1 aliphatic rings. The minimum absolute atomic E-state index is 0.254. The van der Waals surface area contributed by atoms with E-state index in [0.29, 0.717) is 0 Å². The molecule has 1 aliphatic heterocycles. The molecule has 0 aromatic carbocycles. The molecule has 0 aliphatic carbocycles. The van der Waals surface area contributed by atoms with Gasteiger partial charge in [0.05, 0.1) is 0 Å². The van der Waals surface area contributed by atoms with Crippen LogP contribution in [0.2, 0.25) is 0 Å². The maximum atomic E-state index is 11.3. The molecule has 0 unspecified atom stereocenters. The lowest BCUT2D eigenvalue weighted by atomic mass is 10.1. The largest absolute Gasteiger partial charge is 0.466 e. The summed E-state index contributed by atoms with van der Waals surface area (Å²) < 4.78 is 8.88. The fourth-order valence-electron chi connectivity index (χ4n) is 1.96. The summed E-state index contributed by atoms with van der Waals surface area (Å²) in [4.78, 5) is 32.8. The van der Waals surface area contributed by atoms with E-state index >= 15 is 0 Å². The van der Waals surface area contributed by atoms with Crippen molar-refractivity contribution in [2.45, 2.75) is 64.2 Å². The zero-order chi connectivity index (χ0) is 14.6. The summed E-state index contributed by atoms with van der Waals surface area (Å²) in [6.45, 7) is 0.888. The van der Waals surface area contributed by atoms with Crippen molar-refractivity contribution >= 4 is 13.7 Å². The lowest BCUT2D eigenvalue weighted by Crippen LogP contribution is -2.23. The van der Waals surface area contributed by atoms with Crippen LogP contribution in [0.3, 0.4) is 0 Å². The van der Waals surface area contributed by atoms with Crippen LogP contribution in [0.25, 0.3) is 0 Å². The molecule has 0 aromatic heterocycles. The monoisotopic (exact) mass is 295 g/mol. The molecule has 1 amide bonds. The van der Waals surface area contributed by atoms with Gasteiger partial charge in [0.15, 0.2) is 0 Å². The molecule has 0 saturated carbocycles. The molecule has 0 radical (unpaired) electrons. The van der Waals surface area contributed by atoms with Crippen molar-refractivity contribution in [1.29, 1.82) is 0 Å². The van der Waals surface area contributed by atoms with Crippen LogP contribution in [-0.2, 0) is 9.36 Å². The predicted octanol–water partition coefficient (Wildman–Crippen LogP) is 2.09. The van der Waals surface area contributed by atoms with Crippen LogP contribution < -0.4 is 5.32 Å². The molecule has 0 atom stereocenters. The lowest BCUT2D eigenvalue weighted by molar-refractivity contribution is -0.121. The molecule has 1 fully saturated rings. The number of carbonyl (C=O) groups is 1. The van der Waals surface area contributed by atoms with E-state index in [-0.39, 0.29) is 5.91 Å². The van der Waals surface area contributed by atoms with Crippen molar-refractivity contribution in [3.05, 3.63) is 0 Å². The van der Waals surface area contributed by atoms with E-state index in [1.165, 1.54) is 44.9 Å². The van der Waals surface area contributed by atoms with Crippen LogP contribution in [0.5, 0.6) is 0 Å². The zero-order valence-electron chi connectivity index (χ0n) is 11.4. The van der Waals surface area contributed by atoms with Crippen LogP contribution in [-0.4, -0.2) is 27.1 Å². The number of carbonyl (C=O) groups excluding carboxylic acids is 1. The van der Waals surface area contributed by atoms with Gasteiger partial charge in [-0.25, -0.2) is 4.57 Å². The third-order valence-electron chi connectivity index (χ3n) is 2.90. The summed E-state index contributed by atoms with van der Waals surface area (Å²) in [5.74, 6) is 0.254. The molecule has 114 valence electrons.